The fraction of sp³-hybridized carbons (Fsp3) is 0.647. The van der Waals surface area contributed by atoms with E-state index in [-0.39, 0.29) is 0 Å². The van der Waals surface area contributed by atoms with Crippen LogP contribution in [0.3, 0.4) is 0 Å². The molecule has 1 saturated carbocycles. The quantitative estimate of drug-likeness (QED) is 0.721. The maximum Gasteiger partial charge on any atom is 0.119 e. The largest absolute Gasteiger partial charge is 0.494 e. The molecule has 0 aromatic heterocycles. The van der Waals surface area contributed by atoms with E-state index in [9.17, 15) is 0 Å². The molecule has 0 bridgehead atoms. The molecule has 2 heteroatoms. The zero-order valence-electron chi connectivity index (χ0n) is 12.4. The summed E-state index contributed by atoms with van der Waals surface area (Å²) in [4.78, 5) is 0. The molecule has 1 N–H and O–H groups in total. The van der Waals surface area contributed by atoms with Crippen molar-refractivity contribution in [1.29, 1.82) is 0 Å². The normalized spacial score (nSPS) is 16.3. The van der Waals surface area contributed by atoms with Crippen LogP contribution < -0.4 is 10.1 Å². The van der Waals surface area contributed by atoms with Gasteiger partial charge in [-0.25, -0.2) is 0 Å². The van der Waals surface area contributed by atoms with Gasteiger partial charge < -0.3 is 10.1 Å². The molecule has 0 radical (unpaired) electrons. The Kier molecular flexibility index (Phi) is 5.26. The van der Waals surface area contributed by atoms with Crippen molar-refractivity contribution < 1.29 is 4.74 Å². The minimum Gasteiger partial charge on any atom is -0.494 e. The molecule has 106 valence electrons. The first-order valence-electron chi connectivity index (χ1n) is 7.70. The Morgan fingerprint density at radius 3 is 2.42 bits per heavy atom. The third-order valence-electron chi connectivity index (χ3n) is 3.96. The van der Waals surface area contributed by atoms with Crippen LogP contribution in [-0.2, 0) is 6.54 Å². The van der Waals surface area contributed by atoms with Crippen LogP contribution >= 0.6 is 0 Å². The third kappa shape index (κ3) is 4.54. The lowest BCUT2D eigenvalue weighted by Crippen LogP contribution is -2.23. The highest BCUT2D eigenvalue weighted by Gasteiger charge is 2.40. The van der Waals surface area contributed by atoms with Gasteiger partial charge in [-0.3, -0.25) is 0 Å². The summed E-state index contributed by atoms with van der Waals surface area (Å²) in [6.45, 7) is 7.36. The predicted molar refractivity (Wildman–Crippen MR) is 80.5 cm³/mol. The summed E-state index contributed by atoms with van der Waals surface area (Å²) in [5, 5.41) is 3.61. The summed E-state index contributed by atoms with van der Waals surface area (Å²) in [5.74, 6) is 0.982. The maximum atomic E-state index is 5.59. The van der Waals surface area contributed by atoms with Gasteiger partial charge in [0.1, 0.15) is 5.75 Å². The average molecular weight is 261 g/mol. The molecule has 0 heterocycles. The van der Waals surface area contributed by atoms with Crippen molar-refractivity contribution in [3.63, 3.8) is 0 Å². The smallest absolute Gasteiger partial charge is 0.119 e. The third-order valence-corrected chi connectivity index (χ3v) is 3.96. The molecule has 2 rings (SSSR count). The molecule has 1 aromatic carbocycles. The van der Waals surface area contributed by atoms with Gasteiger partial charge in [-0.15, -0.1) is 0 Å². The minimum absolute atomic E-state index is 0.638. The highest BCUT2D eigenvalue weighted by Crippen LogP contribution is 2.48. The molecule has 0 saturated heterocycles. The van der Waals surface area contributed by atoms with Crippen LogP contribution in [0.15, 0.2) is 24.3 Å². The molecule has 0 aliphatic heterocycles. The molecular formula is C17H27NO. The first-order chi connectivity index (χ1) is 9.28. The Balaban J connectivity index is 1.71. The molecule has 0 spiro atoms. The van der Waals surface area contributed by atoms with Crippen molar-refractivity contribution in [2.24, 2.45) is 5.41 Å². The lowest BCUT2D eigenvalue weighted by Gasteiger charge is -2.15. The number of hydrogen-bond acceptors (Lipinski definition) is 2. The lowest BCUT2D eigenvalue weighted by molar-refractivity contribution is 0.317. The van der Waals surface area contributed by atoms with E-state index in [0.29, 0.717) is 5.41 Å². The van der Waals surface area contributed by atoms with Crippen LogP contribution in [-0.4, -0.2) is 13.2 Å². The zero-order valence-corrected chi connectivity index (χ0v) is 12.4. The summed E-state index contributed by atoms with van der Waals surface area (Å²) >= 11 is 0. The van der Waals surface area contributed by atoms with Crippen LogP contribution in [0, 0.1) is 5.41 Å². The van der Waals surface area contributed by atoms with Crippen molar-refractivity contribution in [3.05, 3.63) is 29.8 Å². The molecule has 0 atom stereocenters. The van der Waals surface area contributed by atoms with Crippen LogP contribution in [0.25, 0.3) is 0 Å². The SMILES string of the molecule is CCCOc1ccc(CNCC2(CCC)CC2)cc1. The van der Waals surface area contributed by atoms with Gasteiger partial charge in [0, 0.05) is 13.1 Å². The molecule has 1 aliphatic rings. The van der Waals surface area contributed by atoms with E-state index in [1.54, 1.807) is 0 Å². The fourth-order valence-corrected chi connectivity index (χ4v) is 2.62. The van der Waals surface area contributed by atoms with Gasteiger partial charge in [-0.05, 0) is 48.8 Å². The zero-order chi connectivity index (χ0) is 13.6. The number of nitrogens with one attached hydrogen (secondary N) is 1. The predicted octanol–water partition coefficient (Wildman–Crippen LogP) is 4.15. The average Bonchev–Trinajstić information content (AvgIpc) is 3.18. The highest BCUT2D eigenvalue weighted by molar-refractivity contribution is 5.27. The molecule has 2 nitrogen and oxygen atoms in total. The monoisotopic (exact) mass is 261 g/mol. The fourth-order valence-electron chi connectivity index (χ4n) is 2.62. The van der Waals surface area contributed by atoms with E-state index >= 15 is 0 Å². The Hall–Kier alpha value is -1.02. The van der Waals surface area contributed by atoms with Gasteiger partial charge in [0.05, 0.1) is 6.61 Å². The van der Waals surface area contributed by atoms with Crippen molar-refractivity contribution in [3.8, 4) is 5.75 Å². The van der Waals surface area contributed by atoms with Crippen molar-refractivity contribution >= 4 is 0 Å². The molecule has 19 heavy (non-hydrogen) atoms. The van der Waals surface area contributed by atoms with E-state index in [4.69, 9.17) is 4.74 Å². The second-order valence-corrected chi connectivity index (χ2v) is 5.85. The minimum atomic E-state index is 0.638. The Morgan fingerprint density at radius 2 is 1.84 bits per heavy atom. The Bertz CT molecular complexity index is 367. The van der Waals surface area contributed by atoms with E-state index in [2.05, 4.69) is 43.4 Å². The Morgan fingerprint density at radius 1 is 1.11 bits per heavy atom. The van der Waals surface area contributed by atoms with E-state index in [0.717, 1.165) is 25.3 Å². The summed E-state index contributed by atoms with van der Waals surface area (Å²) < 4.78 is 5.59. The Labute approximate surface area is 117 Å². The van der Waals surface area contributed by atoms with Gasteiger partial charge >= 0.3 is 0 Å². The van der Waals surface area contributed by atoms with Crippen LogP contribution in [0.2, 0.25) is 0 Å². The molecule has 0 amide bonds. The number of rotatable bonds is 9. The molecule has 1 fully saturated rings. The van der Waals surface area contributed by atoms with Crippen LogP contribution in [0.1, 0.15) is 51.5 Å². The number of benzene rings is 1. The topological polar surface area (TPSA) is 21.3 Å². The van der Waals surface area contributed by atoms with E-state index < -0.39 is 0 Å². The van der Waals surface area contributed by atoms with Crippen LogP contribution in [0.4, 0.5) is 0 Å². The maximum absolute atomic E-state index is 5.59. The summed E-state index contributed by atoms with van der Waals surface area (Å²) in [6.07, 6.45) is 6.58. The second-order valence-electron chi connectivity index (χ2n) is 5.85. The van der Waals surface area contributed by atoms with E-state index in [1.165, 1.54) is 37.8 Å². The summed E-state index contributed by atoms with van der Waals surface area (Å²) in [7, 11) is 0. The van der Waals surface area contributed by atoms with Crippen molar-refractivity contribution in [1.82, 2.24) is 5.32 Å². The molecular weight excluding hydrogens is 234 g/mol. The molecule has 1 aliphatic carbocycles. The van der Waals surface area contributed by atoms with Gasteiger partial charge in [0.2, 0.25) is 0 Å². The first kappa shape index (κ1) is 14.4. The van der Waals surface area contributed by atoms with Crippen molar-refractivity contribution in [2.75, 3.05) is 13.2 Å². The van der Waals surface area contributed by atoms with E-state index in [1.807, 2.05) is 0 Å². The second kappa shape index (κ2) is 6.95. The number of ether oxygens (including phenoxy) is 1. The van der Waals surface area contributed by atoms with Gasteiger partial charge in [0.15, 0.2) is 0 Å². The molecule has 0 unspecified atom stereocenters. The van der Waals surface area contributed by atoms with Gasteiger partial charge in [-0.2, -0.15) is 0 Å². The van der Waals surface area contributed by atoms with Gasteiger partial charge in [-0.1, -0.05) is 32.4 Å². The summed E-state index contributed by atoms with van der Waals surface area (Å²) in [5.41, 5.74) is 1.98. The highest BCUT2D eigenvalue weighted by atomic mass is 16.5. The lowest BCUT2D eigenvalue weighted by atomic mass is 10.0. The number of hydrogen-bond donors (Lipinski definition) is 1. The first-order valence-corrected chi connectivity index (χ1v) is 7.70. The standard InChI is InChI=1S/C17H27NO/c1-3-9-17(10-11-17)14-18-13-15-5-7-16(8-6-15)19-12-4-2/h5-8,18H,3-4,9-14H2,1-2H3. The van der Waals surface area contributed by atoms with Crippen molar-refractivity contribution in [2.45, 2.75) is 52.5 Å². The molecule has 1 aromatic rings. The van der Waals surface area contributed by atoms with Crippen LogP contribution in [0.5, 0.6) is 5.75 Å². The van der Waals surface area contributed by atoms with Gasteiger partial charge in [0.25, 0.3) is 0 Å². The summed E-state index contributed by atoms with van der Waals surface area (Å²) in [6, 6.07) is 8.48.